The maximum absolute atomic E-state index is 10.1. The molecule has 0 aromatic carbocycles. The van der Waals surface area contributed by atoms with E-state index in [2.05, 4.69) is 0 Å². The number of aliphatic carboxylic acids is 1. The Balaban J connectivity index is -0.0000000720. The van der Waals surface area contributed by atoms with Crippen LogP contribution in [0.15, 0.2) is 0 Å². The molecule has 0 amide bonds. The average molecular weight is 259 g/mol. The molecule has 0 aliphatic carbocycles. The van der Waals surface area contributed by atoms with Crippen molar-refractivity contribution in [3.05, 3.63) is 0 Å². The van der Waals surface area contributed by atoms with E-state index < -0.39 is 37.0 Å². The standard InChI is InChI=1S/C6H12O7.Mg.2H2O.2H/c7-1-2(8)3(9)4(10)5(11)6(12)13;;;;;/h2-5,7-11H,1H2,(H,12,13);;2*1H2;;/q;+2;;;2*-1/t2-,3-,4+,5-;;;;;/m1...../s1. The molecule has 0 rings (SSSR count). The molecule has 0 bridgehead atoms. The molecule has 0 heterocycles. The normalized spacial score (nSPS) is 16.6. The van der Waals surface area contributed by atoms with E-state index in [0.717, 1.165) is 0 Å². The fourth-order valence-corrected chi connectivity index (χ4v) is 0.668. The Labute approximate surface area is 110 Å². The molecule has 16 heavy (non-hydrogen) atoms. The van der Waals surface area contributed by atoms with Crippen LogP contribution in [0.25, 0.3) is 0 Å². The van der Waals surface area contributed by atoms with E-state index in [1.807, 2.05) is 0 Å². The first-order valence-electron chi connectivity index (χ1n) is 3.47. The molecule has 0 saturated heterocycles. The Morgan fingerprint density at radius 2 is 1.44 bits per heavy atom. The number of rotatable bonds is 5. The quantitative estimate of drug-likeness (QED) is 0.264. The predicted molar refractivity (Wildman–Crippen MR) is 54.0 cm³/mol. The van der Waals surface area contributed by atoms with Crippen molar-refractivity contribution in [2.45, 2.75) is 24.4 Å². The van der Waals surface area contributed by atoms with Gasteiger partial charge in [-0.25, -0.2) is 4.79 Å². The minimum absolute atomic E-state index is 0. The van der Waals surface area contributed by atoms with E-state index in [4.69, 9.17) is 30.6 Å². The van der Waals surface area contributed by atoms with Crippen LogP contribution in [0.1, 0.15) is 2.85 Å². The number of carboxylic acid groups (broad SMARTS) is 1. The van der Waals surface area contributed by atoms with Crippen LogP contribution in [0, 0.1) is 0 Å². The summed E-state index contributed by atoms with van der Waals surface area (Å²) in [5.74, 6) is -1.73. The monoisotopic (exact) mass is 258 g/mol. The summed E-state index contributed by atoms with van der Waals surface area (Å²) < 4.78 is 0. The summed E-state index contributed by atoms with van der Waals surface area (Å²) >= 11 is 0. The molecular weight excluding hydrogens is 240 g/mol. The van der Waals surface area contributed by atoms with Gasteiger partial charge >= 0.3 is 29.0 Å². The second-order valence-corrected chi connectivity index (χ2v) is 2.51. The third-order valence-electron chi connectivity index (χ3n) is 1.51. The molecule has 0 aromatic rings. The zero-order chi connectivity index (χ0) is 10.6. The second-order valence-electron chi connectivity index (χ2n) is 2.51. The number of hydrogen-bond donors (Lipinski definition) is 6. The zero-order valence-electron chi connectivity index (χ0n) is 10.3. The first-order valence-corrected chi connectivity index (χ1v) is 3.47. The zero-order valence-corrected chi connectivity index (χ0v) is 9.73. The number of carbonyl (C=O) groups is 1. The first-order chi connectivity index (χ1) is 5.91. The van der Waals surface area contributed by atoms with Crippen LogP contribution in [-0.4, -0.2) is 102 Å². The van der Waals surface area contributed by atoms with Gasteiger partial charge in [-0.1, -0.05) is 0 Å². The van der Waals surface area contributed by atoms with Crippen molar-refractivity contribution in [3.63, 3.8) is 0 Å². The summed E-state index contributed by atoms with van der Waals surface area (Å²) in [6.45, 7) is -0.843. The van der Waals surface area contributed by atoms with Crippen LogP contribution in [-0.2, 0) is 4.79 Å². The molecule has 4 atom stereocenters. The first kappa shape index (κ1) is 25.0. The molecule has 98 valence electrons. The maximum Gasteiger partial charge on any atom is 2.00 e. The van der Waals surface area contributed by atoms with Crippen molar-refractivity contribution in [2.24, 2.45) is 0 Å². The molecule has 0 aromatic heterocycles. The van der Waals surface area contributed by atoms with E-state index >= 15 is 0 Å². The Kier molecular flexibility index (Phi) is 17.9. The summed E-state index contributed by atoms with van der Waals surface area (Å²) in [6, 6.07) is 0. The Hall–Kier alpha value is -0.0438. The van der Waals surface area contributed by atoms with Crippen molar-refractivity contribution < 1.29 is 49.2 Å². The van der Waals surface area contributed by atoms with Crippen molar-refractivity contribution in [3.8, 4) is 0 Å². The van der Waals surface area contributed by atoms with Crippen LogP contribution < -0.4 is 0 Å². The molecule has 0 unspecified atom stereocenters. The van der Waals surface area contributed by atoms with Crippen molar-refractivity contribution in [1.29, 1.82) is 0 Å². The van der Waals surface area contributed by atoms with Gasteiger partial charge < -0.3 is 44.4 Å². The van der Waals surface area contributed by atoms with E-state index in [1.165, 1.54) is 0 Å². The topological polar surface area (TPSA) is 201 Å². The summed E-state index contributed by atoms with van der Waals surface area (Å²) in [5, 5.41) is 51.8. The summed E-state index contributed by atoms with van der Waals surface area (Å²) in [6.07, 6.45) is -7.84. The van der Waals surface area contributed by atoms with E-state index in [-0.39, 0.29) is 36.9 Å². The number of hydrogen-bond acceptors (Lipinski definition) is 6. The summed E-state index contributed by atoms with van der Waals surface area (Å²) in [7, 11) is 0. The number of carboxylic acids is 1. The molecule has 0 spiro atoms. The maximum atomic E-state index is 10.1. The van der Waals surface area contributed by atoms with Crippen molar-refractivity contribution in [1.82, 2.24) is 0 Å². The van der Waals surface area contributed by atoms with Crippen LogP contribution in [0.5, 0.6) is 0 Å². The van der Waals surface area contributed by atoms with Crippen molar-refractivity contribution >= 4 is 29.0 Å². The fourth-order valence-electron chi connectivity index (χ4n) is 0.668. The van der Waals surface area contributed by atoms with E-state index in [9.17, 15) is 4.79 Å². The van der Waals surface area contributed by atoms with Crippen LogP contribution in [0.4, 0.5) is 0 Å². The Morgan fingerprint density at radius 3 is 1.69 bits per heavy atom. The molecule has 0 aliphatic rings. The van der Waals surface area contributed by atoms with Gasteiger partial charge in [-0.3, -0.25) is 0 Å². The molecule has 10 N–H and O–H groups in total. The van der Waals surface area contributed by atoms with Gasteiger partial charge in [0.2, 0.25) is 0 Å². The number of aliphatic hydroxyl groups excluding tert-OH is 5. The van der Waals surface area contributed by atoms with Crippen LogP contribution in [0.3, 0.4) is 0 Å². The molecule has 0 radical (unpaired) electrons. The van der Waals surface area contributed by atoms with Gasteiger partial charge in [-0.05, 0) is 0 Å². The molecular formula is C6H18MgO9. The van der Waals surface area contributed by atoms with Crippen LogP contribution >= 0.6 is 0 Å². The molecule has 9 nitrogen and oxygen atoms in total. The minimum Gasteiger partial charge on any atom is -1.00 e. The average Bonchev–Trinajstić information content (AvgIpc) is 2.12. The second kappa shape index (κ2) is 11.4. The molecule has 10 heteroatoms. The Morgan fingerprint density at radius 1 is 1.06 bits per heavy atom. The SMILES string of the molecule is O.O.O=C(O)[C@H](O)[C@@H](O)[C@H](O)[C@H](O)CO.[H-].[H-].[Mg+2]. The third-order valence-corrected chi connectivity index (χ3v) is 1.51. The third kappa shape index (κ3) is 7.27. The number of aliphatic hydroxyl groups is 5. The van der Waals surface area contributed by atoms with Gasteiger partial charge in [0.25, 0.3) is 0 Å². The van der Waals surface area contributed by atoms with Crippen molar-refractivity contribution in [2.75, 3.05) is 6.61 Å². The van der Waals surface area contributed by atoms with Gasteiger partial charge in [-0.2, -0.15) is 0 Å². The van der Waals surface area contributed by atoms with Gasteiger partial charge in [0.1, 0.15) is 18.3 Å². The largest absolute Gasteiger partial charge is 2.00 e. The van der Waals surface area contributed by atoms with Gasteiger partial charge in [-0.15, -0.1) is 0 Å². The smallest absolute Gasteiger partial charge is 1.00 e. The van der Waals surface area contributed by atoms with Gasteiger partial charge in [0.15, 0.2) is 6.10 Å². The summed E-state index contributed by atoms with van der Waals surface area (Å²) in [4.78, 5) is 10.1. The summed E-state index contributed by atoms with van der Waals surface area (Å²) in [5.41, 5.74) is 0. The van der Waals surface area contributed by atoms with Crippen LogP contribution in [0.2, 0.25) is 0 Å². The van der Waals surface area contributed by atoms with Gasteiger partial charge in [0.05, 0.1) is 6.61 Å². The van der Waals surface area contributed by atoms with Gasteiger partial charge in [0, 0.05) is 0 Å². The molecule has 0 fully saturated rings. The molecule has 0 aliphatic heterocycles. The predicted octanol–water partition coefficient (Wildman–Crippen LogP) is -5.30. The minimum atomic E-state index is -2.20. The fraction of sp³-hybridized carbons (Fsp3) is 0.833. The molecule has 0 saturated carbocycles. The van der Waals surface area contributed by atoms with E-state index in [1.54, 1.807) is 0 Å². The van der Waals surface area contributed by atoms with E-state index in [0.29, 0.717) is 0 Å². The Bertz CT molecular complexity index is 186.